The Bertz CT molecular complexity index is 955. The van der Waals surface area contributed by atoms with Crippen LogP contribution < -0.4 is 10.1 Å². The number of anilines is 1. The van der Waals surface area contributed by atoms with Gasteiger partial charge in [0.15, 0.2) is 5.82 Å². The van der Waals surface area contributed by atoms with E-state index in [0.717, 1.165) is 36.6 Å². The van der Waals surface area contributed by atoms with Gasteiger partial charge in [0.25, 0.3) is 0 Å². The lowest BCUT2D eigenvalue weighted by atomic mass is 9.93. The van der Waals surface area contributed by atoms with E-state index in [4.69, 9.17) is 9.84 Å². The quantitative estimate of drug-likeness (QED) is 0.468. The molecule has 0 saturated heterocycles. The highest BCUT2D eigenvalue weighted by molar-refractivity contribution is 5.81. The van der Waals surface area contributed by atoms with Crippen LogP contribution in [0.3, 0.4) is 0 Å². The van der Waals surface area contributed by atoms with E-state index in [1.54, 1.807) is 29.2 Å². The molecule has 4 rings (SSSR count). The first-order chi connectivity index (χ1) is 14.1. The predicted molar refractivity (Wildman–Crippen MR) is 107 cm³/mol. The van der Waals surface area contributed by atoms with Gasteiger partial charge in [-0.2, -0.15) is 10.1 Å². The summed E-state index contributed by atoms with van der Waals surface area (Å²) in [7, 11) is 0. The summed E-state index contributed by atoms with van der Waals surface area (Å²) in [6.07, 6.45) is 5.66. The fourth-order valence-corrected chi connectivity index (χ4v) is 3.46. The zero-order chi connectivity index (χ0) is 20.2. The number of benzene rings is 1. The summed E-state index contributed by atoms with van der Waals surface area (Å²) in [5.41, 5.74) is 0.812. The Morgan fingerprint density at radius 2 is 2.03 bits per heavy atom. The minimum absolute atomic E-state index is 0.00774. The second-order valence-electron chi connectivity index (χ2n) is 7.31. The molecule has 4 N–H and O–H groups in total. The Hall–Kier alpha value is -2.75. The van der Waals surface area contributed by atoms with E-state index in [2.05, 4.69) is 20.4 Å². The molecule has 0 radical (unpaired) electrons. The van der Waals surface area contributed by atoms with Gasteiger partial charge in [-0.15, -0.1) is 0 Å². The molecular formula is C20H25N5O4. The van der Waals surface area contributed by atoms with Gasteiger partial charge in [0, 0.05) is 29.8 Å². The molecule has 1 aromatic carbocycles. The van der Waals surface area contributed by atoms with E-state index in [1.165, 1.54) is 0 Å². The minimum atomic E-state index is -0.924. The summed E-state index contributed by atoms with van der Waals surface area (Å²) >= 11 is 0. The molecule has 3 aromatic rings. The highest BCUT2D eigenvalue weighted by Crippen LogP contribution is 2.24. The lowest BCUT2D eigenvalue weighted by molar-refractivity contribution is 0.0536. The van der Waals surface area contributed by atoms with Crippen LogP contribution in [-0.2, 0) is 0 Å². The number of aliphatic hydroxyl groups excluding tert-OH is 3. The van der Waals surface area contributed by atoms with Crippen LogP contribution in [0.5, 0.6) is 5.75 Å². The number of aromatic nitrogens is 4. The number of rotatable bonds is 7. The number of hydrogen-bond donors (Lipinski definition) is 4. The minimum Gasteiger partial charge on any atom is -0.491 e. The van der Waals surface area contributed by atoms with Crippen LogP contribution in [0.15, 0.2) is 36.7 Å². The maximum atomic E-state index is 9.66. The van der Waals surface area contributed by atoms with E-state index in [0.29, 0.717) is 17.5 Å². The van der Waals surface area contributed by atoms with Gasteiger partial charge in [0.1, 0.15) is 18.5 Å². The van der Waals surface area contributed by atoms with Crippen molar-refractivity contribution in [2.45, 2.75) is 43.9 Å². The molecule has 0 aliphatic heterocycles. The van der Waals surface area contributed by atoms with Gasteiger partial charge < -0.3 is 25.4 Å². The van der Waals surface area contributed by atoms with E-state index >= 15 is 0 Å². The van der Waals surface area contributed by atoms with Crippen molar-refractivity contribution in [1.29, 1.82) is 0 Å². The Morgan fingerprint density at radius 3 is 2.83 bits per heavy atom. The molecule has 0 bridgehead atoms. The zero-order valence-corrected chi connectivity index (χ0v) is 16.0. The molecule has 29 heavy (non-hydrogen) atoms. The molecule has 2 aromatic heterocycles. The number of hydrogen-bond acceptors (Lipinski definition) is 8. The van der Waals surface area contributed by atoms with Gasteiger partial charge in [-0.05, 0) is 37.8 Å². The summed E-state index contributed by atoms with van der Waals surface area (Å²) < 4.78 is 7.25. The van der Waals surface area contributed by atoms with Crippen molar-refractivity contribution in [2.24, 2.45) is 0 Å². The lowest BCUT2D eigenvalue weighted by Gasteiger charge is -2.26. The number of nitrogens with one attached hydrogen (secondary N) is 1. The van der Waals surface area contributed by atoms with Crippen molar-refractivity contribution >= 4 is 16.9 Å². The third-order valence-corrected chi connectivity index (χ3v) is 5.08. The molecule has 9 nitrogen and oxygen atoms in total. The summed E-state index contributed by atoms with van der Waals surface area (Å²) in [6, 6.07) is 7.53. The first-order valence-corrected chi connectivity index (χ1v) is 9.80. The smallest absolute Gasteiger partial charge is 0.224 e. The Balaban J connectivity index is 1.54. The van der Waals surface area contributed by atoms with Crippen molar-refractivity contribution in [3.05, 3.63) is 36.7 Å². The average molecular weight is 399 g/mol. The first-order valence-electron chi connectivity index (χ1n) is 9.80. The largest absolute Gasteiger partial charge is 0.491 e. The van der Waals surface area contributed by atoms with Gasteiger partial charge in [-0.1, -0.05) is 0 Å². The maximum absolute atomic E-state index is 9.66. The monoisotopic (exact) mass is 399 g/mol. The summed E-state index contributed by atoms with van der Waals surface area (Å²) in [5.74, 6) is 1.73. The molecule has 154 valence electrons. The van der Waals surface area contributed by atoms with Crippen LogP contribution in [0, 0.1) is 0 Å². The molecule has 0 amide bonds. The SMILES string of the molecule is OCC(O)COc1ccc2cnn(-c3ccnc(N[C@H]4CC[C@H](O)CC4)n3)c2c1. The van der Waals surface area contributed by atoms with Crippen LogP contribution >= 0.6 is 0 Å². The number of aliphatic hydroxyl groups is 3. The van der Waals surface area contributed by atoms with Crippen molar-refractivity contribution in [3.63, 3.8) is 0 Å². The van der Waals surface area contributed by atoms with E-state index in [1.807, 2.05) is 12.1 Å². The molecule has 9 heteroatoms. The second-order valence-corrected chi connectivity index (χ2v) is 7.31. The van der Waals surface area contributed by atoms with Crippen LogP contribution in [0.4, 0.5) is 5.95 Å². The van der Waals surface area contributed by atoms with Gasteiger partial charge in [0.2, 0.25) is 5.95 Å². The number of fused-ring (bicyclic) bond motifs is 1. The predicted octanol–water partition coefficient (Wildman–Crippen LogP) is 1.26. The first kappa shape index (κ1) is 19.6. The standard InChI is InChI=1S/C20H25N5O4/c26-11-16(28)12-29-17-6-1-13-10-22-25(18(13)9-17)19-7-8-21-20(24-19)23-14-2-4-15(27)5-3-14/h1,6-10,14-16,26-28H,2-5,11-12H2,(H,21,23,24)/t14-,15-,16?. The molecule has 1 fully saturated rings. The maximum Gasteiger partial charge on any atom is 0.224 e. The van der Waals surface area contributed by atoms with Crippen molar-refractivity contribution in [1.82, 2.24) is 19.7 Å². The number of nitrogens with zero attached hydrogens (tertiary/aromatic N) is 4. The van der Waals surface area contributed by atoms with E-state index < -0.39 is 6.10 Å². The third kappa shape index (κ3) is 4.64. The average Bonchev–Trinajstić information content (AvgIpc) is 3.17. The van der Waals surface area contributed by atoms with Crippen LogP contribution in [0.2, 0.25) is 0 Å². The summed E-state index contributed by atoms with van der Waals surface area (Å²) in [5, 5.41) is 36.8. The van der Waals surface area contributed by atoms with E-state index in [-0.39, 0.29) is 25.4 Å². The topological polar surface area (TPSA) is 126 Å². The van der Waals surface area contributed by atoms with Gasteiger partial charge in [0.05, 0.1) is 24.4 Å². The van der Waals surface area contributed by atoms with Gasteiger partial charge in [-0.3, -0.25) is 0 Å². The second kappa shape index (κ2) is 8.73. The Morgan fingerprint density at radius 1 is 1.21 bits per heavy atom. The van der Waals surface area contributed by atoms with Crippen molar-refractivity contribution in [2.75, 3.05) is 18.5 Å². The Kier molecular flexibility index (Phi) is 5.89. The highest BCUT2D eigenvalue weighted by atomic mass is 16.5. The molecule has 2 heterocycles. The Labute approximate surface area is 168 Å². The molecule has 0 spiro atoms. The number of ether oxygens (including phenoxy) is 1. The van der Waals surface area contributed by atoms with Crippen molar-refractivity contribution in [3.8, 4) is 11.6 Å². The third-order valence-electron chi connectivity index (χ3n) is 5.08. The van der Waals surface area contributed by atoms with Gasteiger partial charge >= 0.3 is 0 Å². The summed E-state index contributed by atoms with van der Waals surface area (Å²) in [6.45, 7) is -0.343. The normalized spacial score (nSPS) is 20.5. The molecular weight excluding hydrogens is 374 g/mol. The van der Waals surface area contributed by atoms with Crippen molar-refractivity contribution < 1.29 is 20.1 Å². The molecule has 1 unspecified atom stereocenters. The lowest BCUT2D eigenvalue weighted by Crippen LogP contribution is -2.29. The zero-order valence-electron chi connectivity index (χ0n) is 16.0. The van der Waals surface area contributed by atoms with Crippen LogP contribution in [-0.4, -0.2) is 66.5 Å². The van der Waals surface area contributed by atoms with Gasteiger partial charge in [-0.25, -0.2) is 9.67 Å². The fourth-order valence-electron chi connectivity index (χ4n) is 3.46. The molecule has 1 aliphatic carbocycles. The fraction of sp³-hybridized carbons (Fsp3) is 0.450. The van der Waals surface area contributed by atoms with Crippen LogP contribution in [0.1, 0.15) is 25.7 Å². The van der Waals surface area contributed by atoms with Crippen LogP contribution in [0.25, 0.3) is 16.7 Å². The highest BCUT2D eigenvalue weighted by Gasteiger charge is 2.20. The molecule has 1 aliphatic rings. The molecule has 1 atom stereocenters. The summed E-state index contributed by atoms with van der Waals surface area (Å²) in [4.78, 5) is 8.91. The van der Waals surface area contributed by atoms with E-state index in [9.17, 15) is 10.2 Å². The molecule has 1 saturated carbocycles.